The van der Waals surface area contributed by atoms with Crippen molar-refractivity contribution in [1.29, 1.82) is 0 Å². The Balaban J connectivity index is 1.34. The highest BCUT2D eigenvalue weighted by atomic mass is 32.2. The molecule has 0 radical (unpaired) electrons. The molecule has 0 saturated carbocycles. The number of benzene rings is 1. The van der Waals surface area contributed by atoms with Gasteiger partial charge in [0.25, 0.3) is 5.91 Å². The van der Waals surface area contributed by atoms with E-state index in [4.69, 9.17) is 9.47 Å². The number of anilines is 2. The van der Waals surface area contributed by atoms with E-state index in [0.717, 1.165) is 42.5 Å². The van der Waals surface area contributed by atoms with E-state index >= 15 is 0 Å². The van der Waals surface area contributed by atoms with Gasteiger partial charge in [0, 0.05) is 10.4 Å². The van der Waals surface area contributed by atoms with Crippen LogP contribution in [0.1, 0.15) is 64.3 Å². The number of hydrogen-bond donors (Lipinski definition) is 2. The molecule has 2 aromatic heterocycles. The zero-order valence-corrected chi connectivity index (χ0v) is 23.1. The third-order valence-corrected chi connectivity index (χ3v) is 8.71. The molecule has 0 saturated heterocycles. The number of rotatable bonds is 10. The number of nitrogens with zero attached hydrogens (tertiary/aromatic N) is 2. The van der Waals surface area contributed by atoms with Crippen molar-refractivity contribution < 1.29 is 23.9 Å². The van der Waals surface area contributed by atoms with E-state index < -0.39 is 0 Å². The summed E-state index contributed by atoms with van der Waals surface area (Å²) in [6.45, 7) is 4.50. The normalized spacial score (nSPS) is 12.8. The molecule has 0 aliphatic heterocycles. The predicted octanol–water partition coefficient (Wildman–Crippen LogP) is 5.43. The number of aryl methyl sites for hydroxylation is 1. The largest absolute Gasteiger partial charge is 0.494 e. The molecule has 0 spiro atoms. The Kier molecular flexibility index (Phi) is 9.53. The molecule has 0 atom stereocenters. The van der Waals surface area contributed by atoms with Crippen LogP contribution in [0, 0.1) is 0 Å². The minimum Gasteiger partial charge on any atom is -0.494 e. The quantitative estimate of drug-likeness (QED) is 0.146. The number of fused-ring (bicyclic) bond motifs is 1. The predicted molar refractivity (Wildman–Crippen MR) is 146 cm³/mol. The number of thioether (sulfide) groups is 1. The number of amides is 2. The van der Waals surface area contributed by atoms with Crippen LogP contribution >= 0.6 is 34.4 Å². The van der Waals surface area contributed by atoms with Gasteiger partial charge in [-0.3, -0.25) is 14.9 Å². The maximum atomic E-state index is 12.7. The topological polar surface area (TPSA) is 120 Å². The third-order valence-electron chi connectivity index (χ3n) is 5.53. The zero-order valence-electron chi connectivity index (χ0n) is 20.6. The summed E-state index contributed by atoms with van der Waals surface area (Å²) in [5.41, 5.74) is 1.98. The standard InChI is InChI=1S/C25H28N4O5S3/c1-3-33-16-12-10-15(11-13-16)21(31)27-24-28-29-25(37-24)35-14-19(30)26-22-20(23(32)34-4-2)17-8-6-5-7-9-18(17)36-22/h10-13H,3-9,14H2,1-2H3,(H,26,30)(H,27,28,31). The van der Waals surface area contributed by atoms with Gasteiger partial charge in [-0.1, -0.05) is 29.5 Å². The molecule has 1 aliphatic rings. The summed E-state index contributed by atoms with van der Waals surface area (Å²) in [6.07, 6.45) is 4.96. The van der Waals surface area contributed by atoms with Gasteiger partial charge in [-0.25, -0.2) is 4.79 Å². The maximum Gasteiger partial charge on any atom is 0.341 e. The van der Waals surface area contributed by atoms with E-state index in [9.17, 15) is 14.4 Å². The Labute approximate surface area is 227 Å². The molecule has 1 aromatic carbocycles. The minimum atomic E-state index is -0.387. The van der Waals surface area contributed by atoms with Crippen LogP contribution < -0.4 is 15.4 Å². The molecular formula is C25H28N4O5S3. The smallest absolute Gasteiger partial charge is 0.341 e. The Morgan fingerprint density at radius 1 is 0.973 bits per heavy atom. The molecule has 0 bridgehead atoms. The number of hydrogen-bond acceptors (Lipinski definition) is 10. The molecule has 1 aliphatic carbocycles. The van der Waals surface area contributed by atoms with Gasteiger partial charge in [0.05, 0.1) is 24.5 Å². The number of ether oxygens (including phenoxy) is 2. The minimum absolute atomic E-state index is 0.0896. The zero-order chi connectivity index (χ0) is 26.2. The van der Waals surface area contributed by atoms with E-state index in [1.54, 1.807) is 31.2 Å². The summed E-state index contributed by atoms with van der Waals surface area (Å²) in [7, 11) is 0. The van der Waals surface area contributed by atoms with E-state index in [-0.39, 0.29) is 30.1 Å². The van der Waals surface area contributed by atoms with Gasteiger partial charge >= 0.3 is 5.97 Å². The molecule has 4 rings (SSSR count). The number of esters is 1. The van der Waals surface area contributed by atoms with Crippen LogP contribution in [0.2, 0.25) is 0 Å². The van der Waals surface area contributed by atoms with Crippen molar-refractivity contribution in [2.24, 2.45) is 0 Å². The van der Waals surface area contributed by atoms with Gasteiger partial charge < -0.3 is 14.8 Å². The van der Waals surface area contributed by atoms with Crippen LogP contribution in [0.15, 0.2) is 28.6 Å². The first kappa shape index (κ1) is 27.1. The third kappa shape index (κ3) is 7.08. The lowest BCUT2D eigenvalue weighted by molar-refractivity contribution is -0.113. The van der Waals surface area contributed by atoms with E-state index in [2.05, 4.69) is 20.8 Å². The molecular weight excluding hydrogens is 532 g/mol. The molecule has 2 heterocycles. The van der Waals surface area contributed by atoms with Crippen molar-refractivity contribution in [2.45, 2.75) is 50.3 Å². The highest BCUT2D eigenvalue weighted by molar-refractivity contribution is 8.01. The first-order valence-electron chi connectivity index (χ1n) is 12.1. The van der Waals surface area contributed by atoms with Crippen LogP contribution in [-0.4, -0.2) is 46.9 Å². The van der Waals surface area contributed by atoms with Crippen LogP contribution in [0.25, 0.3) is 0 Å². The summed E-state index contributed by atoms with van der Waals surface area (Å²) in [6, 6.07) is 6.82. The Morgan fingerprint density at radius 3 is 2.51 bits per heavy atom. The van der Waals surface area contributed by atoms with Crippen LogP contribution in [0.3, 0.4) is 0 Å². The number of carbonyl (C=O) groups excluding carboxylic acids is 3. The average Bonchev–Trinajstić information content (AvgIpc) is 3.40. The van der Waals surface area contributed by atoms with Gasteiger partial charge in [-0.05, 0) is 69.4 Å². The highest BCUT2D eigenvalue weighted by Gasteiger charge is 2.26. The monoisotopic (exact) mass is 560 g/mol. The first-order valence-corrected chi connectivity index (χ1v) is 14.7. The molecule has 9 nitrogen and oxygen atoms in total. The fraction of sp³-hybridized carbons (Fsp3) is 0.400. The summed E-state index contributed by atoms with van der Waals surface area (Å²) in [4.78, 5) is 39.1. The van der Waals surface area contributed by atoms with Gasteiger partial charge in [0.2, 0.25) is 11.0 Å². The molecule has 3 aromatic rings. The van der Waals surface area contributed by atoms with Crippen molar-refractivity contribution >= 4 is 62.4 Å². The molecule has 37 heavy (non-hydrogen) atoms. The number of thiophene rings is 1. The number of nitrogens with one attached hydrogen (secondary N) is 2. The summed E-state index contributed by atoms with van der Waals surface area (Å²) in [5, 5.41) is 14.6. The van der Waals surface area contributed by atoms with Gasteiger partial charge in [0.15, 0.2) is 4.34 Å². The van der Waals surface area contributed by atoms with Gasteiger partial charge in [-0.2, -0.15) is 0 Å². The second-order valence-electron chi connectivity index (χ2n) is 8.11. The van der Waals surface area contributed by atoms with E-state index in [1.165, 1.54) is 34.4 Å². The highest BCUT2D eigenvalue weighted by Crippen LogP contribution is 2.38. The first-order chi connectivity index (χ1) is 18.0. The van der Waals surface area contributed by atoms with Gasteiger partial charge in [0.1, 0.15) is 10.8 Å². The SMILES string of the molecule is CCOC(=O)c1c(NC(=O)CSc2nnc(NC(=O)c3ccc(OCC)cc3)s2)sc2c1CCCCC2. The second kappa shape index (κ2) is 13.0. The molecule has 2 amide bonds. The van der Waals surface area contributed by atoms with Crippen molar-refractivity contribution in [3.8, 4) is 5.75 Å². The Hall–Kier alpha value is -2.96. The van der Waals surface area contributed by atoms with E-state index in [0.29, 0.717) is 38.0 Å². The van der Waals surface area contributed by atoms with Crippen LogP contribution in [0.4, 0.5) is 10.1 Å². The van der Waals surface area contributed by atoms with Crippen molar-refractivity contribution in [1.82, 2.24) is 10.2 Å². The number of aromatic nitrogens is 2. The summed E-state index contributed by atoms with van der Waals surface area (Å²) < 4.78 is 11.2. The van der Waals surface area contributed by atoms with E-state index in [1.807, 2.05) is 6.92 Å². The summed E-state index contributed by atoms with van der Waals surface area (Å²) >= 11 is 3.87. The molecule has 196 valence electrons. The maximum absolute atomic E-state index is 12.7. The van der Waals surface area contributed by atoms with Crippen molar-refractivity contribution in [3.63, 3.8) is 0 Å². The molecule has 2 N–H and O–H groups in total. The second-order valence-corrected chi connectivity index (χ2v) is 11.4. The van der Waals surface area contributed by atoms with Crippen molar-refractivity contribution in [2.75, 3.05) is 29.6 Å². The fourth-order valence-corrected chi connectivity index (χ4v) is 6.74. The molecule has 0 unspecified atom stereocenters. The summed E-state index contributed by atoms with van der Waals surface area (Å²) in [5.74, 6) is -0.159. The fourth-order valence-electron chi connectivity index (χ4n) is 3.90. The van der Waals surface area contributed by atoms with Crippen LogP contribution in [-0.2, 0) is 22.4 Å². The van der Waals surface area contributed by atoms with Gasteiger partial charge in [-0.15, -0.1) is 21.5 Å². The Bertz CT molecular complexity index is 1260. The Morgan fingerprint density at radius 2 is 1.76 bits per heavy atom. The van der Waals surface area contributed by atoms with Crippen LogP contribution in [0.5, 0.6) is 5.75 Å². The molecule has 12 heteroatoms. The van der Waals surface area contributed by atoms with Crippen molar-refractivity contribution in [3.05, 3.63) is 45.8 Å². The average molecular weight is 561 g/mol. The lowest BCUT2D eigenvalue weighted by Crippen LogP contribution is -2.16. The molecule has 0 fully saturated rings. The lowest BCUT2D eigenvalue weighted by atomic mass is 10.1. The lowest BCUT2D eigenvalue weighted by Gasteiger charge is -2.08. The number of carbonyl (C=O) groups is 3.